The van der Waals surface area contributed by atoms with Gasteiger partial charge in [-0.05, 0) is 19.1 Å². The molecule has 0 radical (unpaired) electrons. The largest absolute Gasteiger partial charge is 0.361 e. The number of nitriles is 1. The predicted molar refractivity (Wildman–Crippen MR) is 71.6 cm³/mol. The summed E-state index contributed by atoms with van der Waals surface area (Å²) in [5, 5.41) is 15.1. The number of aryl methyl sites for hydroxylation is 1. The van der Waals surface area contributed by atoms with Crippen molar-refractivity contribution in [3.05, 3.63) is 23.4 Å². The Morgan fingerprint density at radius 3 is 2.95 bits per heavy atom. The molecule has 1 aliphatic rings. The van der Waals surface area contributed by atoms with Crippen molar-refractivity contribution in [2.24, 2.45) is 0 Å². The molecular weight excluding hydrogens is 242 g/mol. The van der Waals surface area contributed by atoms with E-state index in [1.165, 1.54) is 0 Å². The average Bonchev–Trinajstić information content (AvgIpc) is 2.45. The number of rotatable bonds is 3. The molecule has 0 saturated carbocycles. The van der Waals surface area contributed by atoms with E-state index >= 15 is 0 Å². The molecule has 0 unspecified atom stereocenters. The van der Waals surface area contributed by atoms with Crippen LogP contribution in [0.4, 0.5) is 5.82 Å². The first-order chi connectivity index (χ1) is 9.19. The molecule has 2 N–H and O–H groups in total. The van der Waals surface area contributed by atoms with Crippen LogP contribution in [0.15, 0.2) is 12.1 Å². The van der Waals surface area contributed by atoms with Gasteiger partial charge in [-0.1, -0.05) is 0 Å². The summed E-state index contributed by atoms with van der Waals surface area (Å²) in [5.74, 6) is 0.628. The molecular formula is C13H17N5O. The molecule has 0 aliphatic carbocycles. The Hall–Kier alpha value is -2.13. The molecule has 2 heterocycles. The number of hydrogen-bond acceptors (Lipinski definition) is 5. The van der Waals surface area contributed by atoms with Crippen LogP contribution in [0.1, 0.15) is 11.3 Å². The van der Waals surface area contributed by atoms with Crippen LogP contribution in [0, 0.1) is 18.3 Å². The zero-order chi connectivity index (χ0) is 13.7. The van der Waals surface area contributed by atoms with Crippen LogP contribution in [0.25, 0.3) is 0 Å². The third kappa shape index (κ3) is 3.66. The maximum absolute atomic E-state index is 12.0. The smallest absolute Gasteiger partial charge is 0.242 e. The number of nitrogens with zero attached hydrogens (tertiary/aromatic N) is 3. The Bertz CT molecular complexity index is 502. The Balaban J connectivity index is 1.93. The molecule has 6 nitrogen and oxygen atoms in total. The van der Waals surface area contributed by atoms with Gasteiger partial charge in [0.1, 0.15) is 5.82 Å². The molecule has 100 valence electrons. The molecule has 1 aliphatic heterocycles. The lowest BCUT2D eigenvalue weighted by Gasteiger charge is -2.27. The van der Waals surface area contributed by atoms with Crippen LogP contribution in [0.3, 0.4) is 0 Å². The Morgan fingerprint density at radius 2 is 2.26 bits per heavy atom. The number of amides is 1. The Morgan fingerprint density at radius 1 is 1.53 bits per heavy atom. The minimum Gasteiger partial charge on any atom is -0.361 e. The number of hydrogen-bond donors (Lipinski definition) is 2. The second kappa shape index (κ2) is 6.16. The Labute approximate surface area is 112 Å². The fourth-order valence-corrected chi connectivity index (χ4v) is 2.02. The molecule has 1 amide bonds. The number of pyridine rings is 1. The van der Waals surface area contributed by atoms with Crippen LogP contribution in [0.5, 0.6) is 0 Å². The summed E-state index contributed by atoms with van der Waals surface area (Å²) in [7, 11) is 0. The third-order valence-electron chi connectivity index (χ3n) is 2.97. The number of carbonyl (C=O) groups is 1. The summed E-state index contributed by atoms with van der Waals surface area (Å²) in [5.41, 5.74) is 1.31. The van der Waals surface area contributed by atoms with E-state index in [4.69, 9.17) is 5.26 Å². The highest BCUT2D eigenvalue weighted by molar-refractivity contribution is 5.80. The van der Waals surface area contributed by atoms with Gasteiger partial charge in [0, 0.05) is 31.9 Å². The van der Waals surface area contributed by atoms with Gasteiger partial charge in [0.2, 0.25) is 5.91 Å². The molecule has 0 aromatic carbocycles. The van der Waals surface area contributed by atoms with E-state index in [9.17, 15) is 4.79 Å². The summed E-state index contributed by atoms with van der Waals surface area (Å²) in [6, 6.07) is 5.44. The standard InChI is InChI=1S/C13H17N5O/c1-10-6-11(8-14)7-12(17-10)16-9-13(19)18-4-2-15-3-5-18/h6-7,15H,2-5,9H2,1H3,(H,16,17). The molecule has 0 spiro atoms. The second-order valence-corrected chi connectivity index (χ2v) is 4.48. The van der Waals surface area contributed by atoms with Gasteiger partial charge in [-0.15, -0.1) is 0 Å². The molecule has 2 rings (SSSR count). The monoisotopic (exact) mass is 259 g/mol. The maximum atomic E-state index is 12.0. The summed E-state index contributed by atoms with van der Waals surface area (Å²) in [6.07, 6.45) is 0. The van der Waals surface area contributed by atoms with Crippen molar-refractivity contribution in [1.29, 1.82) is 5.26 Å². The third-order valence-corrected chi connectivity index (χ3v) is 2.97. The summed E-state index contributed by atoms with van der Waals surface area (Å²) < 4.78 is 0. The van der Waals surface area contributed by atoms with Crippen LogP contribution >= 0.6 is 0 Å². The van der Waals surface area contributed by atoms with Gasteiger partial charge in [-0.25, -0.2) is 4.98 Å². The molecule has 0 bridgehead atoms. The summed E-state index contributed by atoms with van der Waals surface area (Å²) >= 11 is 0. The van der Waals surface area contributed by atoms with Gasteiger partial charge in [0.25, 0.3) is 0 Å². The number of piperazine rings is 1. The lowest BCUT2D eigenvalue weighted by molar-refractivity contribution is -0.129. The molecule has 1 saturated heterocycles. The van der Waals surface area contributed by atoms with E-state index in [1.54, 1.807) is 12.1 Å². The normalized spacial score (nSPS) is 14.8. The molecule has 0 atom stereocenters. The lowest BCUT2D eigenvalue weighted by Crippen LogP contribution is -2.48. The van der Waals surface area contributed by atoms with E-state index in [-0.39, 0.29) is 12.5 Å². The molecule has 1 fully saturated rings. The maximum Gasteiger partial charge on any atom is 0.242 e. The first-order valence-electron chi connectivity index (χ1n) is 6.30. The van der Waals surface area contributed by atoms with E-state index in [1.807, 2.05) is 11.8 Å². The topological polar surface area (TPSA) is 81.0 Å². The molecule has 6 heteroatoms. The van der Waals surface area contributed by atoms with Crippen LogP contribution in [-0.2, 0) is 4.79 Å². The van der Waals surface area contributed by atoms with E-state index in [0.29, 0.717) is 11.4 Å². The second-order valence-electron chi connectivity index (χ2n) is 4.48. The minimum absolute atomic E-state index is 0.0586. The van der Waals surface area contributed by atoms with Crippen molar-refractivity contribution in [3.8, 4) is 6.07 Å². The van der Waals surface area contributed by atoms with Crippen molar-refractivity contribution < 1.29 is 4.79 Å². The number of nitrogens with one attached hydrogen (secondary N) is 2. The van der Waals surface area contributed by atoms with Crippen molar-refractivity contribution in [3.63, 3.8) is 0 Å². The van der Waals surface area contributed by atoms with Gasteiger partial charge < -0.3 is 15.5 Å². The first kappa shape index (κ1) is 13.3. The SMILES string of the molecule is Cc1cc(C#N)cc(NCC(=O)N2CCNCC2)n1. The van der Waals surface area contributed by atoms with Crippen molar-refractivity contribution >= 4 is 11.7 Å². The highest BCUT2D eigenvalue weighted by Crippen LogP contribution is 2.09. The molecule has 1 aromatic rings. The zero-order valence-corrected chi connectivity index (χ0v) is 10.9. The number of anilines is 1. The van der Waals surface area contributed by atoms with Gasteiger partial charge in [0.15, 0.2) is 0 Å². The highest BCUT2D eigenvalue weighted by Gasteiger charge is 2.15. The fraction of sp³-hybridized carbons (Fsp3) is 0.462. The van der Waals surface area contributed by atoms with Gasteiger partial charge >= 0.3 is 0 Å². The lowest BCUT2D eigenvalue weighted by atomic mass is 10.2. The summed E-state index contributed by atoms with van der Waals surface area (Å²) in [6.45, 7) is 5.20. The quantitative estimate of drug-likeness (QED) is 0.805. The zero-order valence-electron chi connectivity index (χ0n) is 10.9. The van der Waals surface area contributed by atoms with E-state index < -0.39 is 0 Å². The highest BCUT2D eigenvalue weighted by atomic mass is 16.2. The van der Waals surface area contributed by atoms with E-state index in [2.05, 4.69) is 21.7 Å². The van der Waals surface area contributed by atoms with Gasteiger partial charge in [0.05, 0.1) is 18.2 Å². The van der Waals surface area contributed by atoms with Gasteiger partial charge in [-0.2, -0.15) is 5.26 Å². The number of aromatic nitrogens is 1. The van der Waals surface area contributed by atoms with Crippen LogP contribution < -0.4 is 10.6 Å². The Kier molecular flexibility index (Phi) is 4.31. The molecule has 1 aromatic heterocycles. The molecule has 19 heavy (non-hydrogen) atoms. The van der Waals surface area contributed by atoms with Crippen LogP contribution in [0.2, 0.25) is 0 Å². The summed E-state index contributed by atoms with van der Waals surface area (Å²) in [4.78, 5) is 18.0. The number of carbonyl (C=O) groups excluding carboxylic acids is 1. The van der Waals surface area contributed by atoms with Crippen molar-refractivity contribution in [1.82, 2.24) is 15.2 Å². The minimum atomic E-state index is 0.0586. The fourth-order valence-electron chi connectivity index (χ4n) is 2.02. The van der Waals surface area contributed by atoms with E-state index in [0.717, 1.165) is 31.9 Å². The van der Waals surface area contributed by atoms with Gasteiger partial charge in [-0.3, -0.25) is 4.79 Å². The predicted octanol–water partition coefficient (Wildman–Crippen LogP) is 0.105. The van der Waals surface area contributed by atoms with Crippen LogP contribution in [-0.4, -0.2) is 48.5 Å². The first-order valence-corrected chi connectivity index (χ1v) is 6.30. The van der Waals surface area contributed by atoms with Crippen molar-refractivity contribution in [2.75, 3.05) is 38.0 Å². The average molecular weight is 259 g/mol. The van der Waals surface area contributed by atoms with Crippen molar-refractivity contribution in [2.45, 2.75) is 6.92 Å².